The summed E-state index contributed by atoms with van der Waals surface area (Å²) in [6.07, 6.45) is 3.76. The lowest BCUT2D eigenvalue weighted by molar-refractivity contribution is -0.117. The van der Waals surface area contributed by atoms with Crippen molar-refractivity contribution in [1.29, 1.82) is 0 Å². The summed E-state index contributed by atoms with van der Waals surface area (Å²) in [5.74, 6) is -1.69. The summed E-state index contributed by atoms with van der Waals surface area (Å²) in [6, 6.07) is 6.34. The molecule has 4 rings (SSSR count). The van der Waals surface area contributed by atoms with E-state index in [2.05, 4.69) is 30.8 Å². The van der Waals surface area contributed by atoms with Gasteiger partial charge in [0.25, 0.3) is 5.91 Å². The smallest absolute Gasteiger partial charge is 0.273 e. The zero-order valence-corrected chi connectivity index (χ0v) is 16.8. The van der Waals surface area contributed by atoms with Gasteiger partial charge < -0.3 is 20.7 Å². The maximum atomic E-state index is 13.2. The highest BCUT2D eigenvalue weighted by Crippen LogP contribution is 2.37. The second kappa shape index (κ2) is 8.92. The van der Waals surface area contributed by atoms with E-state index in [0.717, 1.165) is 19.0 Å². The average Bonchev–Trinajstić information content (AvgIpc) is 3.64. The Morgan fingerprint density at radius 1 is 1.19 bits per heavy atom. The second-order valence-electron chi connectivity index (χ2n) is 6.95. The third-order valence-electron chi connectivity index (χ3n) is 4.71. The molecule has 0 bridgehead atoms. The summed E-state index contributed by atoms with van der Waals surface area (Å²) in [5.41, 5.74) is 0.903. The fraction of sp³-hybridized carbons (Fsp3) is 0.238. The molecule has 11 heteroatoms. The van der Waals surface area contributed by atoms with Crippen LogP contribution in [-0.2, 0) is 4.79 Å². The standard InChI is InChI=1S/C21H20FN7O3/c1-23-21(31)18-14(8-17(28-29-18)27-20(30)11-6-7-11)26-13-5-3-4-12(19(13)32-2)15-9-25-16(22)10-24-15/h3-5,8-11H,6-7H2,1-2H3,(H,23,31)(H2,26,27,28,30)/i1D3. The maximum absolute atomic E-state index is 13.2. The number of hydrogen-bond acceptors (Lipinski definition) is 8. The number of benzene rings is 1. The average molecular weight is 440 g/mol. The third kappa shape index (κ3) is 4.46. The molecule has 3 aromatic rings. The Bertz CT molecular complexity index is 1270. The highest BCUT2D eigenvalue weighted by atomic mass is 19.1. The topological polar surface area (TPSA) is 131 Å². The third-order valence-corrected chi connectivity index (χ3v) is 4.71. The Balaban J connectivity index is 1.72. The summed E-state index contributed by atoms with van der Waals surface area (Å²) in [6.45, 7) is -2.76. The van der Waals surface area contributed by atoms with Crippen LogP contribution in [0.4, 0.5) is 21.6 Å². The van der Waals surface area contributed by atoms with E-state index in [1.54, 1.807) is 18.2 Å². The van der Waals surface area contributed by atoms with Gasteiger partial charge in [-0.1, -0.05) is 6.07 Å². The Kier molecular flexibility index (Phi) is 4.88. The molecule has 2 heterocycles. The molecule has 1 saturated carbocycles. The van der Waals surface area contributed by atoms with Crippen LogP contribution in [0.2, 0.25) is 0 Å². The quantitative estimate of drug-likeness (QED) is 0.511. The molecule has 2 amide bonds. The Labute approximate surface area is 186 Å². The van der Waals surface area contributed by atoms with E-state index in [9.17, 15) is 14.0 Å². The first-order chi connectivity index (χ1) is 16.6. The van der Waals surface area contributed by atoms with Crippen molar-refractivity contribution >= 4 is 29.0 Å². The fourth-order valence-corrected chi connectivity index (χ4v) is 3.00. The Hall–Kier alpha value is -4.15. The number of nitrogens with one attached hydrogen (secondary N) is 3. The van der Waals surface area contributed by atoms with E-state index in [-0.39, 0.29) is 34.8 Å². The number of rotatable bonds is 7. The molecule has 0 aliphatic heterocycles. The molecule has 0 spiro atoms. The number of anilines is 3. The van der Waals surface area contributed by atoms with E-state index >= 15 is 0 Å². The number of halogens is 1. The van der Waals surface area contributed by atoms with Gasteiger partial charge in [0.15, 0.2) is 17.3 Å². The molecule has 10 nitrogen and oxygen atoms in total. The molecule has 164 valence electrons. The minimum atomic E-state index is -2.76. The van der Waals surface area contributed by atoms with Crippen molar-refractivity contribution in [3.8, 4) is 17.0 Å². The van der Waals surface area contributed by atoms with Gasteiger partial charge in [-0.05, 0) is 25.0 Å². The van der Waals surface area contributed by atoms with Crippen molar-refractivity contribution in [2.45, 2.75) is 12.8 Å². The Morgan fingerprint density at radius 3 is 2.72 bits per heavy atom. The molecule has 1 aromatic carbocycles. The van der Waals surface area contributed by atoms with Crippen LogP contribution < -0.4 is 20.7 Å². The summed E-state index contributed by atoms with van der Waals surface area (Å²) in [4.78, 5) is 32.4. The molecule has 0 radical (unpaired) electrons. The normalized spacial score (nSPS) is 14.5. The molecular weight excluding hydrogens is 417 g/mol. The van der Waals surface area contributed by atoms with Crippen molar-refractivity contribution < 1.29 is 22.8 Å². The summed E-state index contributed by atoms with van der Waals surface area (Å²) < 4.78 is 40.7. The molecule has 0 atom stereocenters. The van der Waals surface area contributed by atoms with Crippen molar-refractivity contribution in [3.05, 3.63) is 48.3 Å². The van der Waals surface area contributed by atoms with Crippen LogP contribution in [0.1, 0.15) is 27.4 Å². The van der Waals surface area contributed by atoms with Crippen LogP contribution in [0.25, 0.3) is 11.3 Å². The van der Waals surface area contributed by atoms with Gasteiger partial charge in [0.05, 0.1) is 36.6 Å². The van der Waals surface area contributed by atoms with E-state index in [0.29, 0.717) is 16.9 Å². The number of carbonyl (C=O) groups is 2. The number of aromatic nitrogens is 4. The van der Waals surface area contributed by atoms with Crippen LogP contribution >= 0.6 is 0 Å². The van der Waals surface area contributed by atoms with E-state index in [1.165, 1.54) is 19.4 Å². The zero-order chi connectivity index (χ0) is 25.2. The number of ether oxygens (including phenoxy) is 1. The SMILES string of the molecule is [2H]C([2H])([2H])NC(=O)c1nnc(NC(=O)C2CC2)cc1Nc1cccc(-c2cnc(F)cn2)c1OC. The number of amides is 2. The van der Waals surface area contributed by atoms with E-state index < -0.39 is 18.8 Å². The molecule has 0 saturated heterocycles. The largest absolute Gasteiger partial charge is 0.494 e. The van der Waals surface area contributed by atoms with Crippen molar-refractivity contribution in [2.24, 2.45) is 5.92 Å². The molecule has 32 heavy (non-hydrogen) atoms. The van der Waals surface area contributed by atoms with Crippen LogP contribution in [0.15, 0.2) is 36.7 Å². The van der Waals surface area contributed by atoms with Crippen molar-refractivity contribution in [2.75, 3.05) is 24.7 Å². The lowest BCUT2D eigenvalue weighted by Gasteiger charge is -2.16. The van der Waals surface area contributed by atoms with Gasteiger partial charge in [0.1, 0.15) is 0 Å². The molecular formula is C21H20FN7O3. The summed E-state index contributed by atoms with van der Waals surface area (Å²) >= 11 is 0. The fourth-order valence-electron chi connectivity index (χ4n) is 3.00. The van der Waals surface area contributed by atoms with Crippen LogP contribution in [0, 0.1) is 11.9 Å². The summed E-state index contributed by atoms with van der Waals surface area (Å²) in [5, 5.41) is 15.2. The van der Waals surface area contributed by atoms with Gasteiger partial charge in [-0.15, -0.1) is 10.2 Å². The van der Waals surface area contributed by atoms with Crippen molar-refractivity contribution in [1.82, 2.24) is 25.5 Å². The number of hydrogen-bond donors (Lipinski definition) is 3. The number of carbonyl (C=O) groups excluding carboxylic acids is 2. The number of nitrogens with zero attached hydrogens (tertiary/aromatic N) is 4. The van der Waals surface area contributed by atoms with Crippen LogP contribution in [0.3, 0.4) is 0 Å². The molecule has 3 N–H and O–H groups in total. The van der Waals surface area contributed by atoms with Gasteiger partial charge in [0, 0.05) is 28.6 Å². The second-order valence-corrected chi connectivity index (χ2v) is 6.95. The maximum Gasteiger partial charge on any atom is 0.273 e. The highest BCUT2D eigenvalue weighted by Gasteiger charge is 2.30. The van der Waals surface area contributed by atoms with Crippen LogP contribution in [-0.4, -0.2) is 46.1 Å². The molecule has 2 aromatic heterocycles. The lowest BCUT2D eigenvalue weighted by atomic mass is 10.1. The van der Waals surface area contributed by atoms with E-state index in [1.807, 2.05) is 5.32 Å². The molecule has 1 fully saturated rings. The molecule has 0 unspecified atom stereocenters. The zero-order valence-electron chi connectivity index (χ0n) is 19.8. The van der Waals surface area contributed by atoms with Gasteiger partial charge >= 0.3 is 0 Å². The minimum absolute atomic E-state index is 0.0634. The first-order valence-corrected chi connectivity index (χ1v) is 9.57. The van der Waals surface area contributed by atoms with Gasteiger partial charge in [-0.2, -0.15) is 4.39 Å². The summed E-state index contributed by atoms with van der Waals surface area (Å²) in [7, 11) is 1.41. The first kappa shape index (κ1) is 17.5. The molecule has 1 aliphatic carbocycles. The predicted octanol–water partition coefficient (Wildman–Crippen LogP) is 2.53. The number of para-hydroxylation sites is 1. The van der Waals surface area contributed by atoms with Crippen molar-refractivity contribution in [3.63, 3.8) is 0 Å². The van der Waals surface area contributed by atoms with Gasteiger partial charge in [-0.25, -0.2) is 9.97 Å². The van der Waals surface area contributed by atoms with E-state index in [4.69, 9.17) is 8.85 Å². The predicted molar refractivity (Wildman–Crippen MR) is 114 cm³/mol. The van der Waals surface area contributed by atoms with Gasteiger partial charge in [0.2, 0.25) is 11.9 Å². The Morgan fingerprint density at radius 2 is 2.03 bits per heavy atom. The van der Waals surface area contributed by atoms with Gasteiger partial charge in [-0.3, -0.25) is 9.59 Å². The molecule has 1 aliphatic rings. The first-order valence-electron chi connectivity index (χ1n) is 11.1. The minimum Gasteiger partial charge on any atom is -0.494 e. The van der Waals surface area contributed by atoms with Crippen LogP contribution in [0.5, 0.6) is 5.75 Å². The number of methoxy groups -OCH3 is 1. The monoisotopic (exact) mass is 440 g/mol. The lowest BCUT2D eigenvalue weighted by Crippen LogP contribution is -2.22. The highest BCUT2D eigenvalue weighted by molar-refractivity contribution is 6.00.